The summed E-state index contributed by atoms with van der Waals surface area (Å²) in [5, 5.41) is 9.58. The third-order valence-electron chi connectivity index (χ3n) is 2.83. The van der Waals surface area contributed by atoms with Crippen LogP contribution in [0.3, 0.4) is 0 Å². The molecule has 0 unspecified atom stereocenters. The maximum absolute atomic E-state index is 9.58. The molecule has 1 aromatic carbocycles. The molecule has 0 radical (unpaired) electrons. The number of hydrogen-bond acceptors (Lipinski definition) is 5. The highest BCUT2D eigenvalue weighted by Crippen LogP contribution is 2.39. The molecule has 2 aromatic rings. The molecule has 0 fully saturated rings. The van der Waals surface area contributed by atoms with Crippen molar-refractivity contribution in [3.8, 4) is 23.1 Å². The Balaban J connectivity index is 2.36. The summed E-state index contributed by atoms with van der Waals surface area (Å²) in [5.74, 6) is 1.92. The molecule has 0 amide bonds. The molecule has 1 aromatic heterocycles. The van der Waals surface area contributed by atoms with Crippen LogP contribution in [-0.4, -0.2) is 24.3 Å². The largest absolute Gasteiger partial charge is 0.493 e. The van der Waals surface area contributed by atoms with Gasteiger partial charge in [0.2, 0.25) is 11.6 Å². The van der Waals surface area contributed by atoms with Crippen LogP contribution in [0.15, 0.2) is 36.5 Å². The van der Waals surface area contributed by atoms with Gasteiger partial charge in [0, 0.05) is 12.3 Å². The van der Waals surface area contributed by atoms with E-state index in [4.69, 9.17) is 14.2 Å². The Bertz CT molecular complexity index is 562. The smallest absolute Gasteiger partial charge is 0.219 e. The number of nitrogens with zero attached hydrogens (tertiary/aromatic N) is 1. The molecular formula is C15H17NO4. The van der Waals surface area contributed by atoms with Gasteiger partial charge in [-0.2, -0.15) is 0 Å². The van der Waals surface area contributed by atoms with E-state index in [9.17, 15) is 5.11 Å². The van der Waals surface area contributed by atoms with Crippen LogP contribution < -0.4 is 14.2 Å². The van der Waals surface area contributed by atoms with Gasteiger partial charge in [-0.1, -0.05) is 6.07 Å². The maximum Gasteiger partial charge on any atom is 0.219 e. The molecule has 5 heteroatoms. The van der Waals surface area contributed by atoms with Gasteiger partial charge in [-0.05, 0) is 30.7 Å². The number of aromatic nitrogens is 1. The molecule has 0 spiro atoms. The van der Waals surface area contributed by atoms with Crippen LogP contribution >= 0.6 is 0 Å². The average Bonchev–Trinajstić information content (AvgIpc) is 2.47. The monoisotopic (exact) mass is 275 g/mol. The predicted molar refractivity (Wildman–Crippen MR) is 74.5 cm³/mol. The molecule has 1 N–H and O–H groups in total. The number of methoxy groups -OCH3 is 2. The maximum atomic E-state index is 9.58. The molecule has 20 heavy (non-hydrogen) atoms. The summed E-state index contributed by atoms with van der Waals surface area (Å²) in [6, 6.07) is 8.77. The number of rotatable bonds is 5. The first-order valence-corrected chi connectivity index (χ1v) is 6.18. The predicted octanol–water partition coefficient (Wildman–Crippen LogP) is 2.94. The van der Waals surface area contributed by atoms with Crippen molar-refractivity contribution in [3.05, 3.63) is 42.1 Å². The average molecular weight is 275 g/mol. The summed E-state index contributed by atoms with van der Waals surface area (Å²) in [7, 11) is 3.11. The van der Waals surface area contributed by atoms with E-state index >= 15 is 0 Å². The van der Waals surface area contributed by atoms with Crippen molar-refractivity contribution < 1.29 is 19.3 Å². The van der Waals surface area contributed by atoms with E-state index in [-0.39, 0.29) is 0 Å². The Labute approximate surface area is 117 Å². The van der Waals surface area contributed by atoms with Crippen molar-refractivity contribution in [1.82, 2.24) is 4.98 Å². The summed E-state index contributed by atoms with van der Waals surface area (Å²) >= 11 is 0. The molecule has 0 aliphatic carbocycles. The first kappa shape index (κ1) is 14.1. The van der Waals surface area contributed by atoms with Crippen molar-refractivity contribution in [2.75, 3.05) is 14.2 Å². The Morgan fingerprint density at radius 3 is 2.30 bits per heavy atom. The third-order valence-corrected chi connectivity index (χ3v) is 2.83. The van der Waals surface area contributed by atoms with E-state index in [0.29, 0.717) is 23.1 Å². The van der Waals surface area contributed by atoms with Gasteiger partial charge in [0.1, 0.15) is 0 Å². The molecule has 0 saturated heterocycles. The van der Waals surface area contributed by atoms with Gasteiger partial charge in [-0.25, -0.2) is 4.98 Å². The molecule has 1 heterocycles. The molecule has 0 bridgehead atoms. The Hall–Kier alpha value is -2.27. The minimum atomic E-state index is -0.583. The van der Waals surface area contributed by atoms with E-state index in [1.807, 2.05) is 6.07 Å². The van der Waals surface area contributed by atoms with Crippen molar-refractivity contribution >= 4 is 0 Å². The highest BCUT2D eigenvalue weighted by molar-refractivity contribution is 5.52. The van der Waals surface area contributed by atoms with Crippen LogP contribution in [0.2, 0.25) is 0 Å². The van der Waals surface area contributed by atoms with Crippen LogP contribution in [0.25, 0.3) is 0 Å². The van der Waals surface area contributed by atoms with E-state index in [0.717, 1.165) is 5.56 Å². The molecule has 2 rings (SSSR count). The fourth-order valence-corrected chi connectivity index (χ4v) is 1.76. The summed E-state index contributed by atoms with van der Waals surface area (Å²) in [6.07, 6.45) is 0.999. The second-order valence-corrected chi connectivity index (χ2v) is 4.20. The van der Waals surface area contributed by atoms with Crippen LogP contribution in [0, 0.1) is 0 Å². The minimum absolute atomic E-state index is 0.367. The Kier molecular flexibility index (Phi) is 4.42. The van der Waals surface area contributed by atoms with E-state index in [2.05, 4.69) is 4.98 Å². The fourth-order valence-electron chi connectivity index (χ4n) is 1.76. The number of para-hydroxylation sites is 1. The zero-order chi connectivity index (χ0) is 14.5. The normalized spacial score (nSPS) is 11.8. The van der Waals surface area contributed by atoms with Crippen LogP contribution in [-0.2, 0) is 0 Å². The van der Waals surface area contributed by atoms with Gasteiger partial charge < -0.3 is 19.3 Å². The van der Waals surface area contributed by atoms with Crippen molar-refractivity contribution in [2.24, 2.45) is 0 Å². The van der Waals surface area contributed by atoms with Crippen LogP contribution in [0.4, 0.5) is 0 Å². The highest BCUT2D eigenvalue weighted by atomic mass is 16.5. The first-order valence-electron chi connectivity index (χ1n) is 6.18. The van der Waals surface area contributed by atoms with Gasteiger partial charge in [-0.3, -0.25) is 0 Å². The number of aliphatic hydroxyl groups is 1. The summed E-state index contributed by atoms with van der Waals surface area (Å²) < 4.78 is 16.3. The molecule has 1 atom stereocenters. The van der Waals surface area contributed by atoms with E-state index in [1.165, 1.54) is 0 Å². The van der Waals surface area contributed by atoms with Gasteiger partial charge in [-0.15, -0.1) is 0 Å². The molecule has 0 aliphatic heterocycles. The van der Waals surface area contributed by atoms with Crippen molar-refractivity contribution in [3.63, 3.8) is 0 Å². The van der Waals surface area contributed by atoms with Gasteiger partial charge in [0.15, 0.2) is 11.5 Å². The molecule has 0 aliphatic rings. The zero-order valence-corrected chi connectivity index (χ0v) is 11.7. The zero-order valence-electron chi connectivity index (χ0n) is 11.7. The molecule has 5 nitrogen and oxygen atoms in total. The Morgan fingerprint density at radius 2 is 1.75 bits per heavy atom. The van der Waals surface area contributed by atoms with Crippen LogP contribution in [0.1, 0.15) is 18.6 Å². The quantitative estimate of drug-likeness (QED) is 0.909. The number of pyridine rings is 1. The number of ether oxygens (including phenoxy) is 3. The number of benzene rings is 1. The Morgan fingerprint density at radius 1 is 1.10 bits per heavy atom. The first-order chi connectivity index (χ1) is 9.65. The summed E-state index contributed by atoms with van der Waals surface area (Å²) in [4.78, 5) is 4.12. The summed E-state index contributed by atoms with van der Waals surface area (Å²) in [6.45, 7) is 1.68. The van der Waals surface area contributed by atoms with Crippen LogP contribution in [0.5, 0.6) is 23.1 Å². The van der Waals surface area contributed by atoms with Crippen molar-refractivity contribution in [1.29, 1.82) is 0 Å². The molecular weight excluding hydrogens is 258 g/mol. The number of aliphatic hydroxyl groups excluding tert-OH is 1. The molecule has 106 valence electrons. The minimum Gasteiger partial charge on any atom is -0.493 e. The lowest BCUT2D eigenvalue weighted by Crippen LogP contribution is -1.97. The highest BCUT2D eigenvalue weighted by Gasteiger charge is 2.13. The van der Waals surface area contributed by atoms with Gasteiger partial charge >= 0.3 is 0 Å². The second kappa shape index (κ2) is 6.25. The second-order valence-electron chi connectivity index (χ2n) is 4.20. The summed E-state index contributed by atoms with van der Waals surface area (Å²) in [5.41, 5.74) is 0.726. The van der Waals surface area contributed by atoms with E-state index < -0.39 is 6.10 Å². The lowest BCUT2D eigenvalue weighted by molar-refractivity contribution is 0.198. The topological polar surface area (TPSA) is 60.8 Å². The van der Waals surface area contributed by atoms with Crippen molar-refractivity contribution in [2.45, 2.75) is 13.0 Å². The lowest BCUT2D eigenvalue weighted by atomic mass is 10.2. The lowest BCUT2D eigenvalue weighted by Gasteiger charge is -2.14. The van der Waals surface area contributed by atoms with Gasteiger partial charge in [0.25, 0.3) is 0 Å². The van der Waals surface area contributed by atoms with E-state index in [1.54, 1.807) is 51.6 Å². The standard InChI is InChI=1S/C15H17NO4/c1-10(17)11-7-8-16-14(9-11)20-15-12(18-2)5-4-6-13(15)19-3/h4-10,17H,1-3H3/t10-/m0/s1. The third kappa shape index (κ3) is 3.00. The fraction of sp³-hybridized carbons (Fsp3) is 0.267. The molecule has 0 saturated carbocycles. The van der Waals surface area contributed by atoms with Gasteiger partial charge in [0.05, 0.1) is 20.3 Å². The number of hydrogen-bond donors (Lipinski definition) is 1. The SMILES string of the molecule is COc1cccc(OC)c1Oc1cc([C@H](C)O)ccn1.